The molecule has 14 heavy (non-hydrogen) atoms. The molecule has 0 spiro atoms. The lowest BCUT2D eigenvalue weighted by Crippen LogP contribution is -2.01. The second kappa shape index (κ2) is 2.83. The fourth-order valence-electron chi connectivity index (χ4n) is 1.63. The predicted molar refractivity (Wildman–Crippen MR) is 52.5 cm³/mol. The number of carbonyl (C=O) groups is 1. The average molecular weight is 190 g/mol. The van der Waals surface area contributed by atoms with Crippen LogP contribution in [0.2, 0.25) is 0 Å². The standard InChI is InChI=1S/C10H10N2O2/c1-5-3-7(10(13)14)6(2)9-8(5)11-4-12-9/h3-4H,1-2H3,(H,11,12)(H,13,14). The Hall–Kier alpha value is -1.84. The van der Waals surface area contributed by atoms with Crippen molar-refractivity contribution in [2.24, 2.45) is 0 Å². The van der Waals surface area contributed by atoms with E-state index in [-0.39, 0.29) is 0 Å². The molecule has 4 nitrogen and oxygen atoms in total. The summed E-state index contributed by atoms with van der Waals surface area (Å²) in [4.78, 5) is 18.0. The van der Waals surface area contributed by atoms with E-state index in [1.807, 2.05) is 6.92 Å². The van der Waals surface area contributed by atoms with E-state index in [2.05, 4.69) is 9.97 Å². The van der Waals surface area contributed by atoms with Crippen LogP contribution in [0.5, 0.6) is 0 Å². The van der Waals surface area contributed by atoms with Gasteiger partial charge in [0.1, 0.15) is 0 Å². The van der Waals surface area contributed by atoms with Crippen molar-refractivity contribution in [3.8, 4) is 0 Å². The number of benzene rings is 1. The first-order valence-corrected chi connectivity index (χ1v) is 4.28. The quantitative estimate of drug-likeness (QED) is 0.721. The number of nitrogens with zero attached hydrogens (tertiary/aromatic N) is 1. The number of carboxylic acid groups (broad SMARTS) is 1. The van der Waals surface area contributed by atoms with Crippen LogP contribution in [0.25, 0.3) is 11.0 Å². The van der Waals surface area contributed by atoms with E-state index in [1.54, 1.807) is 19.3 Å². The fourth-order valence-corrected chi connectivity index (χ4v) is 1.63. The molecule has 0 atom stereocenters. The molecular formula is C10H10N2O2. The Morgan fingerprint density at radius 1 is 1.50 bits per heavy atom. The number of hydrogen-bond acceptors (Lipinski definition) is 2. The zero-order valence-electron chi connectivity index (χ0n) is 7.96. The Bertz CT molecular complexity index is 514. The number of rotatable bonds is 1. The largest absolute Gasteiger partial charge is 0.478 e. The molecule has 0 unspecified atom stereocenters. The number of aryl methyl sites for hydroxylation is 2. The maximum Gasteiger partial charge on any atom is 0.336 e. The van der Waals surface area contributed by atoms with Crippen molar-refractivity contribution in [3.05, 3.63) is 29.1 Å². The third-order valence-corrected chi connectivity index (χ3v) is 2.38. The van der Waals surface area contributed by atoms with Crippen molar-refractivity contribution < 1.29 is 9.90 Å². The summed E-state index contributed by atoms with van der Waals surface area (Å²) < 4.78 is 0. The first kappa shape index (κ1) is 8.74. The van der Waals surface area contributed by atoms with Gasteiger partial charge in [0.05, 0.1) is 22.9 Å². The zero-order valence-corrected chi connectivity index (χ0v) is 7.96. The van der Waals surface area contributed by atoms with E-state index >= 15 is 0 Å². The number of carboxylic acids is 1. The predicted octanol–water partition coefficient (Wildman–Crippen LogP) is 1.88. The topological polar surface area (TPSA) is 66.0 Å². The van der Waals surface area contributed by atoms with Crippen LogP contribution in [0.3, 0.4) is 0 Å². The van der Waals surface area contributed by atoms with Gasteiger partial charge >= 0.3 is 5.97 Å². The molecule has 4 heteroatoms. The first-order chi connectivity index (χ1) is 6.61. The number of aromatic nitrogens is 2. The molecule has 1 aromatic heterocycles. The molecule has 0 saturated carbocycles. The van der Waals surface area contributed by atoms with Gasteiger partial charge in [-0.3, -0.25) is 0 Å². The molecule has 2 rings (SSSR count). The molecule has 0 bridgehead atoms. The number of hydrogen-bond donors (Lipinski definition) is 2. The number of nitrogens with one attached hydrogen (secondary N) is 1. The second-order valence-electron chi connectivity index (χ2n) is 3.30. The van der Waals surface area contributed by atoms with Gasteiger partial charge in [0.25, 0.3) is 0 Å². The number of H-pyrrole nitrogens is 1. The normalized spacial score (nSPS) is 10.7. The summed E-state index contributed by atoms with van der Waals surface area (Å²) in [6, 6.07) is 1.65. The Labute approximate surface area is 80.6 Å². The van der Waals surface area contributed by atoms with Crippen LogP contribution in [0.15, 0.2) is 12.4 Å². The van der Waals surface area contributed by atoms with Gasteiger partial charge < -0.3 is 10.1 Å². The van der Waals surface area contributed by atoms with Crippen LogP contribution in [-0.2, 0) is 0 Å². The molecule has 0 radical (unpaired) electrons. The minimum absolute atomic E-state index is 0.333. The van der Waals surface area contributed by atoms with Crippen molar-refractivity contribution in [1.82, 2.24) is 9.97 Å². The minimum Gasteiger partial charge on any atom is -0.478 e. The SMILES string of the molecule is Cc1cc(C(=O)O)c(C)c2[nH]cnc12. The van der Waals surface area contributed by atoms with Crippen molar-refractivity contribution in [3.63, 3.8) is 0 Å². The molecule has 0 fully saturated rings. The summed E-state index contributed by atoms with van der Waals surface area (Å²) in [7, 11) is 0. The van der Waals surface area contributed by atoms with Gasteiger partial charge in [-0.25, -0.2) is 9.78 Å². The van der Waals surface area contributed by atoms with Gasteiger partial charge in [0.15, 0.2) is 0 Å². The maximum atomic E-state index is 10.9. The van der Waals surface area contributed by atoms with Gasteiger partial charge in [0.2, 0.25) is 0 Å². The molecule has 1 heterocycles. The Kier molecular flexibility index (Phi) is 1.77. The van der Waals surface area contributed by atoms with Crippen molar-refractivity contribution in [1.29, 1.82) is 0 Å². The zero-order chi connectivity index (χ0) is 10.3. The van der Waals surface area contributed by atoms with Gasteiger partial charge in [-0.05, 0) is 31.0 Å². The highest BCUT2D eigenvalue weighted by Gasteiger charge is 2.13. The van der Waals surface area contributed by atoms with E-state index in [9.17, 15) is 4.79 Å². The van der Waals surface area contributed by atoms with E-state index < -0.39 is 5.97 Å². The first-order valence-electron chi connectivity index (χ1n) is 4.28. The van der Waals surface area contributed by atoms with Crippen LogP contribution in [0.4, 0.5) is 0 Å². The van der Waals surface area contributed by atoms with E-state index in [0.29, 0.717) is 5.56 Å². The lowest BCUT2D eigenvalue weighted by Gasteiger charge is -2.03. The van der Waals surface area contributed by atoms with Gasteiger partial charge in [-0.1, -0.05) is 0 Å². The van der Waals surface area contributed by atoms with E-state index in [0.717, 1.165) is 22.2 Å². The summed E-state index contributed by atoms with van der Waals surface area (Å²) in [6.45, 7) is 3.64. The van der Waals surface area contributed by atoms with E-state index in [4.69, 9.17) is 5.11 Å². The maximum absolute atomic E-state index is 10.9. The van der Waals surface area contributed by atoms with Gasteiger partial charge in [-0.15, -0.1) is 0 Å². The third-order valence-electron chi connectivity index (χ3n) is 2.38. The Morgan fingerprint density at radius 2 is 2.21 bits per heavy atom. The minimum atomic E-state index is -0.901. The molecular weight excluding hydrogens is 180 g/mol. The number of fused-ring (bicyclic) bond motifs is 1. The van der Waals surface area contributed by atoms with Crippen molar-refractivity contribution in [2.45, 2.75) is 13.8 Å². The molecule has 1 aromatic carbocycles. The summed E-state index contributed by atoms with van der Waals surface area (Å²) >= 11 is 0. The second-order valence-corrected chi connectivity index (χ2v) is 3.30. The van der Waals surface area contributed by atoms with Crippen molar-refractivity contribution in [2.75, 3.05) is 0 Å². The van der Waals surface area contributed by atoms with Crippen LogP contribution >= 0.6 is 0 Å². The van der Waals surface area contributed by atoms with E-state index in [1.165, 1.54) is 0 Å². The highest BCUT2D eigenvalue weighted by molar-refractivity contribution is 5.96. The Morgan fingerprint density at radius 3 is 2.86 bits per heavy atom. The molecule has 0 amide bonds. The molecule has 72 valence electrons. The lowest BCUT2D eigenvalue weighted by molar-refractivity contribution is 0.0696. The van der Waals surface area contributed by atoms with Crippen LogP contribution in [-0.4, -0.2) is 21.0 Å². The number of aromatic amines is 1. The summed E-state index contributed by atoms with van der Waals surface area (Å²) in [5.74, 6) is -0.901. The van der Waals surface area contributed by atoms with Crippen molar-refractivity contribution >= 4 is 17.0 Å². The van der Waals surface area contributed by atoms with Gasteiger partial charge in [0, 0.05) is 0 Å². The molecule has 0 aliphatic rings. The highest BCUT2D eigenvalue weighted by Crippen LogP contribution is 2.22. The number of aromatic carboxylic acids is 1. The molecule has 2 aromatic rings. The average Bonchev–Trinajstić information content (AvgIpc) is 2.59. The van der Waals surface area contributed by atoms with Crippen LogP contribution in [0, 0.1) is 13.8 Å². The summed E-state index contributed by atoms with van der Waals surface area (Å²) in [6.07, 6.45) is 1.58. The van der Waals surface area contributed by atoms with Crippen LogP contribution < -0.4 is 0 Å². The van der Waals surface area contributed by atoms with Gasteiger partial charge in [-0.2, -0.15) is 0 Å². The summed E-state index contributed by atoms with van der Waals surface area (Å²) in [5.41, 5.74) is 3.59. The summed E-state index contributed by atoms with van der Waals surface area (Å²) in [5, 5.41) is 8.95. The Balaban J connectivity index is 2.88. The smallest absolute Gasteiger partial charge is 0.336 e. The molecule has 0 aliphatic carbocycles. The lowest BCUT2D eigenvalue weighted by atomic mass is 10.0. The monoisotopic (exact) mass is 190 g/mol. The fraction of sp³-hybridized carbons (Fsp3) is 0.200. The number of imidazole rings is 1. The molecule has 0 aliphatic heterocycles. The highest BCUT2D eigenvalue weighted by atomic mass is 16.4. The molecule has 0 saturated heterocycles. The van der Waals surface area contributed by atoms with Crippen LogP contribution in [0.1, 0.15) is 21.5 Å². The molecule has 2 N–H and O–H groups in total. The third kappa shape index (κ3) is 1.08.